The van der Waals surface area contributed by atoms with Crippen LogP contribution in [0.4, 0.5) is 0 Å². The van der Waals surface area contributed by atoms with Crippen LogP contribution in [0.5, 0.6) is 0 Å². The van der Waals surface area contributed by atoms with Crippen molar-refractivity contribution >= 4 is 15.9 Å². The van der Waals surface area contributed by atoms with E-state index in [4.69, 9.17) is 4.74 Å². The number of alkyl halides is 1. The Morgan fingerprint density at radius 3 is 2.62 bits per heavy atom. The number of methoxy groups -OCH3 is 1. The van der Waals surface area contributed by atoms with Gasteiger partial charge in [0.2, 0.25) is 0 Å². The van der Waals surface area contributed by atoms with E-state index in [2.05, 4.69) is 34.8 Å². The SMILES string of the molecule is CCC(CBr)CN(C)CCCOC. The van der Waals surface area contributed by atoms with E-state index in [1.807, 2.05) is 0 Å². The quantitative estimate of drug-likeness (QED) is 0.485. The highest BCUT2D eigenvalue weighted by molar-refractivity contribution is 9.09. The average molecular weight is 252 g/mol. The molecule has 0 spiro atoms. The zero-order chi connectivity index (χ0) is 10.1. The minimum atomic E-state index is 0.785. The summed E-state index contributed by atoms with van der Waals surface area (Å²) in [5.74, 6) is 0.785. The molecule has 0 saturated heterocycles. The van der Waals surface area contributed by atoms with Crippen molar-refractivity contribution in [2.75, 3.05) is 39.2 Å². The molecule has 0 aliphatic heterocycles. The molecule has 13 heavy (non-hydrogen) atoms. The first-order chi connectivity index (χ1) is 6.24. The summed E-state index contributed by atoms with van der Waals surface area (Å²) in [5.41, 5.74) is 0. The van der Waals surface area contributed by atoms with Gasteiger partial charge in [0.25, 0.3) is 0 Å². The number of rotatable bonds is 8. The fraction of sp³-hybridized carbons (Fsp3) is 1.00. The van der Waals surface area contributed by atoms with Gasteiger partial charge in [-0.2, -0.15) is 0 Å². The molecule has 0 aromatic rings. The van der Waals surface area contributed by atoms with Gasteiger partial charge in [-0.1, -0.05) is 29.3 Å². The summed E-state index contributed by atoms with van der Waals surface area (Å²) in [7, 11) is 3.94. The summed E-state index contributed by atoms with van der Waals surface area (Å²) in [6.07, 6.45) is 2.38. The topological polar surface area (TPSA) is 12.5 Å². The summed E-state index contributed by atoms with van der Waals surface area (Å²) in [4.78, 5) is 2.38. The molecular formula is C10H22BrNO. The van der Waals surface area contributed by atoms with E-state index < -0.39 is 0 Å². The summed E-state index contributed by atoms with van der Waals surface area (Å²) >= 11 is 3.53. The Morgan fingerprint density at radius 2 is 2.15 bits per heavy atom. The van der Waals surface area contributed by atoms with E-state index >= 15 is 0 Å². The Bertz CT molecular complexity index is 107. The molecular weight excluding hydrogens is 230 g/mol. The lowest BCUT2D eigenvalue weighted by atomic mass is 10.1. The number of nitrogens with zero attached hydrogens (tertiary/aromatic N) is 1. The predicted molar refractivity (Wildman–Crippen MR) is 61.6 cm³/mol. The monoisotopic (exact) mass is 251 g/mol. The number of ether oxygens (including phenoxy) is 1. The lowest BCUT2D eigenvalue weighted by Gasteiger charge is -2.21. The van der Waals surface area contributed by atoms with E-state index in [9.17, 15) is 0 Å². The van der Waals surface area contributed by atoms with Gasteiger partial charge in [-0.3, -0.25) is 0 Å². The van der Waals surface area contributed by atoms with Gasteiger partial charge >= 0.3 is 0 Å². The maximum Gasteiger partial charge on any atom is 0.0474 e. The molecule has 1 atom stereocenters. The molecule has 0 rings (SSSR count). The van der Waals surface area contributed by atoms with Gasteiger partial charge in [-0.05, 0) is 19.4 Å². The smallest absolute Gasteiger partial charge is 0.0474 e. The van der Waals surface area contributed by atoms with E-state index in [1.54, 1.807) is 7.11 Å². The van der Waals surface area contributed by atoms with E-state index in [0.29, 0.717) is 0 Å². The van der Waals surface area contributed by atoms with Crippen molar-refractivity contribution < 1.29 is 4.74 Å². The van der Waals surface area contributed by atoms with E-state index in [1.165, 1.54) is 13.0 Å². The third-order valence-corrected chi connectivity index (χ3v) is 3.17. The summed E-state index contributed by atoms with van der Waals surface area (Å²) in [6.45, 7) is 5.44. The zero-order valence-corrected chi connectivity index (χ0v) is 10.6. The zero-order valence-electron chi connectivity index (χ0n) is 9.05. The molecule has 0 amide bonds. The molecule has 0 heterocycles. The van der Waals surface area contributed by atoms with Crippen LogP contribution in [-0.2, 0) is 4.74 Å². The molecule has 2 nitrogen and oxygen atoms in total. The second-order valence-electron chi connectivity index (χ2n) is 3.54. The summed E-state index contributed by atoms with van der Waals surface area (Å²) in [6, 6.07) is 0. The molecule has 0 saturated carbocycles. The normalized spacial score (nSPS) is 13.6. The molecule has 80 valence electrons. The van der Waals surface area contributed by atoms with Crippen molar-refractivity contribution in [1.82, 2.24) is 4.90 Å². The number of halogens is 1. The molecule has 0 aliphatic rings. The summed E-state index contributed by atoms with van der Waals surface area (Å²) < 4.78 is 5.01. The van der Waals surface area contributed by atoms with Gasteiger partial charge < -0.3 is 9.64 Å². The van der Waals surface area contributed by atoms with Crippen molar-refractivity contribution in [3.63, 3.8) is 0 Å². The van der Waals surface area contributed by atoms with Gasteiger partial charge in [-0.15, -0.1) is 0 Å². The average Bonchev–Trinajstić information content (AvgIpc) is 2.14. The molecule has 0 aliphatic carbocycles. The Labute approximate surface area is 90.8 Å². The first-order valence-corrected chi connectivity index (χ1v) is 6.10. The van der Waals surface area contributed by atoms with Gasteiger partial charge in [0, 0.05) is 32.1 Å². The third-order valence-electron chi connectivity index (χ3n) is 2.25. The molecule has 1 unspecified atom stereocenters. The second-order valence-corrected chi connectivity index (χ2v) is 4.18. The van der Waals surface area contributed by atoms with Gasteiger partial charge in [0.15, 0.2) is 0 Å². The Hall–Kier alpha value is 0.400. The predicted octanol–water partition coefficient (Wildman–Crippen LogP) is 2.38. The lowest BCUT2D eigenvalue weighted by Crippen LogP contribution is -2.27. The highest BCUT2D eigenvalue weighted by atomic mass is 79.9. The molecule has 0 fully saturated rings. The highest BCUT2D eigenvalue weighted by Crippen LogP contribution is 2.07. The van der Waals surface area contributed by atoms with Crippen LogP contribution in [0.2, 0.25) is 0 Å². The van der Waals surface area contributed by atoms with Crippen LogP contribution in [0, 0.1) is 5.92 Å². The molecule has 0 N–H and O–H groups in total. The third kappa shape index (κ3) is 7.47. The van der Waals surface area contributed by atoms with E-state index in [0.717, 1.165) is 30.8 Å². The van der Waals surface area contributed by atoms with Crippen molar-refractivity contribution in [3.8, 4) is 0 Å². The van der Waals surface area contributed by atoms with Crippen LogP contribution >= 0.6 is 15.9 Å². The minimum absolute atomic E-state index is 0.785. The van der Waals surface area contributed by atoms with Crippen LogP contribution < -0.4 is 0 Å². The Kier molecular flexibility index (Phi) is 9.25. The van der Waals surface area contributed by atoms with Crippen molar-refractivity contribution in [2.45, 2.75) is 19.8 Å². The standard InChI is InChI=1S/C10H22BrNO/c1-4-10(8-11)9-12(2)6-5-7-13-3/h10H,4-9H2,1-3H3. The summed E-state index contributed by atoms with van der Waals surface area (Å²) in [5, 5.41) is 1.11. The second kappa shape index (κ2) is 8.97. The van der Waals surface area contributed by atoms with Crippen LogP contribution in [-0.4, -0.2) is 44.1 Å². The largest absolute Gasteiger partial charge is 0.385 e. The van der Waals surface area contributed by atoms with Gasteiger partial charge in [0.1, 0.15) is 0 Å². The molecule has 3 heteroatoms. The molecule has 0 aromatic heterocycles. The van der Waals surface area contributed by atoms with E-state index in [-0.39, 0.29) is 0 Å². The molecule has 0 bridgehead atoms. The maximum atomic E-state index is 5.01. The number of hydrogen-bond donors (Lipinski definition) is 0. The number of hydrogen-bond acceptors (Lipinski definition) is 2. The minimum Gasteiger partial charge on any atom is -0.385 e. The van der Waals surface area contributed by atoms with Crippen molar-refractivity contribution in [1.29, 1.82) is 0 Å². The van der Waals surface area contributed by atoms with Crippen LogP contribution in [0.25, 0.3) is 0 Å². The van der Waals surface area contributed by atoms with Crippen LogP contribution in [0.1, 0.15) is 19.8 Å². The molecule has 0 aromatic carbocycles. The Morgan fingerprint density at radius 1 is 1.46 bits per heavy atom. The van der Waals surface area contributed by atoms with Crippen LogP contribution in [0.3, 0.4) is 0 Å². The fourth-order valence-electron chi connectivity index (χ4n) is 1.30. The lowest BCUT2D eigenvalue weighted by molar-refractivity contribution is 0.175. The van der Waals surface area contributed by atoms with Crippen LogP contribution in [0.15, 0.2) is 0 Å². The Balaban J connectivity index is 3.42. The van der Waals surface area contributed by atoms with Crippen molar-refractivity contribution in [2.24, 2.45) is 5.92 Å². The van der Waals surface area contributed by atoms with Crippen molar-refractivity contribution in [3.05, 3.63) is 0 Å². The van der Waals surface area contributed by atoms with Gasteiger partial charge in [0.05, 0.1) is 0 Å². The first kappa shape index (κ1) is 13.4. The molecule has 0 radical (unpaired) electrons. The first-order valence-electron chi connectivity index (χ1n) is 4.98. The highest BCUT2D eigenvalue weighted by Gasteiger charge is 2.07. The fourth-order valence-corrected chi connectivity index (χ4v) is 1.96. The maximum absolute atomic E-state index is 5.01. The van der Waals surface area contributed by atoms with Gasteiger partial charge in [-0.25, -0.2) is 0 Å².